The molecule has 9 heteroatoms. The summed E-state index contributed by atoms with van der Waals surface area (Å²) >= 11 is 0. The molecule has 2 aromatic rings. The molecule has 0 spiro atoms. The van der Waals surface area contributed by atoms with Gasteiger partial charge in [0.15, 0.2) is 0 Å². The molecule has 1 aromatic heterocycles. The summed E-state index contributed by atoms with van der Waals surface area (Å²) in [6, 6.07) is 7.61. The first kappa shape index (κ1) is 18.6. The van der Waals surface area contributed by atoms with E-state index in [1.807, 2.05) is 6.92 Å². The predicted molar refractivity (Wildman–Crippen MR) is 92.9 cm³/mol. The Kier molecular flexibility index (Phi) is 5.70. The third kappa shape index (κ3) is 4.48. The van der Waals surface area contributed by atoms with Crippen molar-refractivity contribution < 1.29 is 22.5 Å². The number of carbonyl (C=O) groups excluding carboxylic acids is 1. The minimum absolute atomic E-state index is 0.0119. The van der Waals surface area contributed by atoms with Gasteiger partial charge < -0.3 is 14.2 Å². The van der Waals surface area contributed by atoms with Crippen molar-refractivity contribution in [1.82, 2.24) is 14.8 Å². The summed E-state index contributed by atoms with van der Waals surface area (Å²) in [4.78, 5) is 14.5. The zero-order valence-corrected chi connectivity index (χ0v) is 15.2. The van der Waals surface area contributed by atoms with Crippen molar-refractivity contribution in [3.63, 3.8) is 0 Å². The normalized spacial score (nSPS) is 18.5. The zero-order chi connectivity index (χ0) is 18.6. The Morgan fingerprint density at radius 1 is 1.38 bits per heavy atom. The predicted octanol–water partition coefficient (Wildman–Crippen LogP) is 1.40. The summed E-state index contributed by atoms with van der Waals surface area (Å²) in [7, 11) is -3.77. The number of ether oxygens (including phenoxy) is 1. The number of nitrogens with one attached hydrogen (secondary N) is 1. The van der Waals surface area contributed by atoms with Gasteiger partial charge in [0.1, 0.15) is 6.26 Å². The van der Waals surface area contributed by atoms with Crippen LogP contribution in [0.15, 0.2) is 46.0 Å². The first-order valence-electron chi connectivity index (χ1n) is 8.35. The topological polar surface area (TPSA) is 102 Å². The Morgan fingerprint density at radius 2 is 2.23 bits per heavy atom. The molecule has 1 N–H and O–H groups in total. The van der Waals surface area contributed by atoms with Gasteiger partial charge in [-0.3, -0.25) is 4.79 Å². The lowest BCUT2D eigenvalue weighted by Gasteiger charge is -2.22. The molecule has 1 fully saturated rings. The van der Waals surface area contributed by atoms with E-state index in [-0.39, 0.29) is 23.5 Å². The third-order valence-electron chi connectivity index (χ3n) is 4.07. The Morgan fingerprint density at radius 3 is 3.00 bits per heavy atom. The summed E-state index contributed by atoms with van der Waals surface area (Å²) in [5, 5.41) is 3.66. The van der Waals surface area contributed by atoms with Gasteiger partial charge in [0.25, 0.3) is 5.91 Å². The van der Waals surface area contributed by atoms with Gasteiger partial charge >= 0.3 is 0 Å². The smallest absolute Gasteiger partial charge is 0.253 e. The number of amides is 1. The average molecular weight is 379 g/mol. The van der Waals surface area contributed by atoms with Crippen LogP contribution in [0.25, 0.3) is 0 Å². The van der Waals surface area contributed by atoms with Crippen LogP contribution < -0.4 is 4.72 Å². The summed E-state index contributed by atoms with van der Waals surface area (Å²) in [5.41, 5.74) is 0.808. The monoisotopic (exact) mass is 379 g/mol. The number of rotatable bonds is 5. The van der Waals surface area contributed by atoms with E-state index in [2.05, 4.69) is 14.4 Å². The molecule has 0 unspecified atom stereocenters. The highest BCUT2D eigenvalue weighted by Gasteiger charge is 2.23. The molecule has 1 atom stereocenters. The molecule has 0 bridgehead atoms. The maximum Gasteiger partial charge on any atom is 0.253 e. The van der Waals surface area contributed by atoms with E-state index in [9.17, 15) is 13.2 Å². The number of carbonyl (C=O) groups is 1. The lowest BCUT2D eigenvalue weighted by Crippen LogP contribution is -2.36. The van der Waals surface area contributed by atoms with Crippen LogP contribution in [0.3, 0.4) is 0 Å². The summed E-state index contributed by atoms with van der Waals surface area (Å²) < 4.78 is 37.6. The van der Waals surface area contributed by atoms with E-state index in [1.54, 1.807) is 23.1 Å². The van der Waals surface area contributed by atoms with E-state index in [4.69, 9.17) is 4.74 Å². The van der Waals surface area contributed by atoms with E-state index >= 15 is 0 Å². The molecule has 1 aliphatic rings. The Hall–Kier alpha value is -2.23. The van der Waals surface area contributed by atoms with Crippen molar-refractivity contribution in [1.29, 1.82) is 0 Å². The second-order valence-corrected chi connectivity index (χ2v) is 7.90. The molecule has 2 heterocycles. The van der Waals surface area contributed by atoms with Crippen molar-refractivity contribution in [3.05, 3.63) is 47.9 Å². The van der Waals surface area contributed by atoms with Crippen molar-refractivity contribution >= 4 is 15.9 Å². The highest BCUT2D eigenvalue weighted by Crippen LogP contribution is 2.16. The molecule has 8 nitrogen and oxygen atoms in total. The minimum atomic E-state index is -3.77. The fourth-order valence-electron chi connectivity index (χ4n) is 2.74. The van der Waals surface area contributed by atoms with Crippen LogP contribution in [-0.2, 0) is 21.3 Å². The fourth-order valence-corrected chi connectivity index (χ4v) is 3.78. The number of hydrogen-bond acceptors (Lipinski definition) is 6. The van der Waals surface area contributed by atoms with Gasteiger partial charge in [-0.2, -0.15) is 0 Å². The van der Waals surface area contributed by atoms with Crippen LogP contribution >= 0.6 is 0 Å². The van der Waals surface area contributed by atoms with Crippen LogP contribution in [0.2, 0.25) is 0 Å². The number of nitrogens with zero attached hydrogens (tertiary/aromatic N) is 2. The van der Waals surface area contributed by atoms with Crippen molar-refractivity contribution in [3.8, 4) is 0 Å². The number of hydrogen-bond donors (Lipinski definition) is 1. The van der Waals surface area contributed by atoms with E-state index in [1.165, 1.54) is 18.4 Å². The SMILES string of the molecule is C[C@H]1CN(C(=O)c2cccc(S(=O)(=O)NCc3ccon3)c2)CCCO1. The summed E-state index contributed by atoms with van der Waals surface area (Å²) in [6.07, 6.45) is 2.08. The van der Waals surface area contributed by atoms with E-state index in [0.717, 1.165) is 6.42 Å². The molecule has 3 rings (SSSR count). The largest absolute Gasteiger partial charge is 0.377 e. The third-order valence-corrected chi connectivity index (χ3v) is 5.46. The molecule has 1 aliphatic heterocycles. The molecule has 1 saturated heterocycles. The Bertz CT molecular complexity index is 851. The summed E-state index contributed by atoms with van der Waals surface area (Å²) in [6.45, 7) is 3.62. The number of aromatic nitrogens is 1. The van der Waals surface area contributed by atoms with Gasteiger partial charge in [-0.25, -0.2) is 13.1 Å². The second kappa shape index (κ2) is 7.98. The van der Waals surface area contributed by atoms with Crippen LogP contribution in [0.4, 0.5) is 0 Å². The molecular weight excluding hydrogens is 358 g/mol. The molecule has 140 valence electrons. The number of sulfonamides is 1. The number of benzene rings is 1. The van der Waals surface area contributed by atoms with Gasteiger partial charge in [0, 0.05) is 31.3 Å². The van der Waals surface area contributed by atoms with Crippen LogP contribution in [0.1, 0.15) is 29.4 Å². The fraction of sp³-hybridized carbons (Fsp3) is 0.412. The standard InChI is InChI=1S/C17H21N3O5S/c1-13-12-20(7-3-8-24-13)17(21)14-4-2-5-16(10-14)26(22,23)18-11-15-6-9-25-19-15/h2,4-6,9-10,13,18H,3,7-8,11-12H2,1H3/t13-/m0/s1. The van der Waals surface area contributed by atoms with Gasteiger partial charge in [0.05, 0.1) is 23.2 Å². The summed E-state index contributed by atoms with van der Waals surface area (Å²) in [5.74, 6) is -0.198. The highest BCUT2D eigenvalue weighted by molar-refractivity contribution is 7.89. The lowest BCUT2D eigenvalue weighted by atomic mass is 10.2. The van der Waals surface area contributed by atoms with Gasteiger partial charge in [0.2, 0.25) is 10.0 Å². The first-order valence-corrected chi connectivity index (χ1v) is 9.84. The highest BCUT2D eigenvalue weighted by atomic mass is 32.2. The molecule has 1 amide bonds. The zero-order valence-electron chi connectivity index (χ0n) is 14.4. The second-order valence-electron chi connectivity index (χ2n) is 6.13. The molecule has 26 heavy (non-hydrogen) atoms. The van der Waals surface area contributed by atoms with E-state index < -0.39 is 10.0 Å². The minimum Gasteiger partial charge on any atom is -0.377 e. The molecular formula is C17H21N3O5S. The van der Waals surface area contributed by atoms with Crippen molar-refractivity contribution in [2.75, 3.05) is 19.7 Å². The molecule has 0 saturated carbocycles. The maximum atomic E-state index is 12.8. The lowest BCUT2D eigenvalue weighted by molar-refractivity contribution is 0.0562. The first-order chi connectivity index (χ1) is 12.5. The molecule has 0 aliphatic carbocycles. The molecule has 1 aromatic carbocycles. The van der Waals surface area contributed by atoms with Crippen LogP contribution in [0.5, 0.6) is 0 Å². The van der Waals surface area contributed by atoms with Gasteiger partial charge in [-0.05, 0) is 31.5 Å². The van der Waals surface area contributed by atoms with E-state index in [0.29, 0.717) is 31.0 Å². The maximum absolute atomic E-state index is 12.8. The average Bonchev–Trinajstić information content (AvgIpc) is 3.07. The van der Waals surface area contributed by atoms with Crippen LogP contribution in [0, 0.1) is 0 Å². The van der Waals surface area contributed by atoms with Crippen molar-refractivity contribution in [2.24, 2.45) is 0 Å². The quantitative estimate of drug-likeness (QED) is 0.843. The van der Waals surface area contributed by atoms with Gasteiger partial charge in [-0.1, -0.05) is 11.2 Å². The van der Waals surface area contributed by atoms with Gasteiger partial charge in [-0.15, -0.1) is 0 Å². The molecule has 0 radical (unpaired) electrons. The Labute approximate surface area is 152 Å². The Balaban J connectivity index is 1.75. The van der Waals surface area contributed by atoms with Crippen molar-refractivity contribution in [2.45, 2.75) is 30.9 Å². The van der Waals surface area contributed by atoms with Crippen LogP contribution in [-0.4, -0.2) is 50.2 Å².